The van der Waals surface area contributed by atoms with Gasteiger partial charge in [-0.3, -0.25) is 9.59 Å². The number of nitrogens with two attached hydrogens (primary N) is 1. The summed E-state index contributed by atoms with van der Waals surface area (Å²) >= 11 is 6.00. The van der Waals surface area contributed by atoms with E-state index in [9.17, 15) is 9.59 Å². The van der Waals surface area contributed by atoms with Gasteiger partial charge in [0, 0.05) is 22.7 Å². The van der Waals surface area contributed by atoms with Gasteiger partial charge in [-0.05, 0) is 43.2 Å². The Hall–Kier alpha value is -2.53. The van der Waals surface area contributed by atoms with Gasteiger partial charge in [-0.15, -0.1) is 0 Å². The van der Waals surface area contributed by atoms with Gasteiger partial charge in [-0.1, -0.05) is 29.8 Å². The van der Waals surface area contributed by atoms with Gasteiger partial charge >= 0.3 is 0 Å². The Morgan fingerprint density at radius 3 is 2.71 bits per heavy atom. The molecule has 126 valence electrons. The quantitative estimate of drug-likeness (QED) is 0.808. The van der Waals surface area contributed by atoms with E-state index < -0.39 is 5.91 Å². The lowest BCUT2D eigenvalue weighted by molar-refractivity contribution is -0.123. The number of carbonyl (C=O) groups is 2. The molecule has 2 aromatic carbocycles. The van der Waals surface area contributed by atoms with Gasteiger partial charge in [0.15, 0.2) is 6.61 Å². The van der Waals surface area contributed by atoms with E-state index in [0.717, 1.165) is 11.1 Å². The molecule has 0 saturated carbocycles. The van der Waals surface area contributed by atoms with E-state index >= 15 is 0 Å². The first-order valence-electron chi connectivity index (χ1n) is 7.50. The molecule has 0 spiro atoms. The lowest BCUT2D eigenvalue weighted by Crippen LogP contribution is -2.30. The summed E-state index contributed by atoms with van der Waals surface area (Å²) in [5.74, 6) is -0.0987. The predicted molar refractivity (Wildman–Crippen MR) is 93.4 cm³/mol. The standard InChI is InChI=1S/C18H19ClN2O3/c1-12-15(19)6-3-7-16(12)24-11-17(22)21-9-8-13-4-2-5-14(10-13)18(20)23/h2-7,10H,8-9,11H2,1H3,(H2,20,23)(H,21,22). The van der Waals surface area contributed by atoms with Crippen LogP contribution in [0.2, 0.25) is 5.02 Å². The van der Waals surface area contributed by atoms with E-state index in [1.165, 1.54) is 0 Å². The van der Waals surface area contributed by atoms with Crippen LogP contribution in [-0.4, -0.2) is 25.0 Å². The van der Waals surface area contributed by atoms with Crippen molar-refractivity contribution < 1.29 is 14.3 Å². The fraction of sp³-hybridized carbons (Fsp3) is 0.222. The third-order valence-corrected chi connectivity index (χ3v) is 3.93. The number of hydrogen-bond acceptors (Lipinski definition) is 3. The SMILES string of the molecule is Cc1c(Cl)cccc1OCC(=O)NCCc1cccc(C(N)=O)c1. The zero-order valence-corrected chi connectivity index (χ0v) is 14.1. The number of nitrogens with one attached hydrogen (secondary N) is 1. The van der Waals surface area contributed by atoms with Crippen molar-refractivity contribution in [3.63, 3.8) is 0 Å². The molecule has 5 nitrogen and oxygen atoms in total. The van der Waals surface area contributed by atoms with Gasteiger partial charge in [-0.25, -0.2) is 0 Å². The highest BCUT2D eigenvalue weighted by molar-refractivity contribution is 6.31. The molecule has 3 N–H and O–H groups in total. The molecule has 0 fully saturated rings. The van der Waals surface area contributed by atoms with Crippen LogP contribution < -0.4 is 15.8 Å². The van der Waals surface area contributed by atoms with Crippen LogP contribution in [-0.2, 0) is 11.2 Å². The van der Waals surface area contributed by atoms with Crippen LogP contribution in [0.25, 0.3) is 0 Å². The molecule has 0 saturated heterocycles. The van der Waals surface area contributed by atoms with Crippen LogP contribution in [0.5, 0.6) is 5.75 Å². The lowest BCUT2D eigenvalue weighted by Gasteiger charge is -2.10. The smallest absolute Gasteiger partial charge is 0.257 e. The van der Waals surface area contributed by atoms with Crippen molar-refractivity contribution in [1.82, 2.24) is 5.32 Å². The minimum Gasteiger partial charge on any atom is -0.483 e. The molecule has 0 atom stereocenters. The van der Waals surface area contributed by atoms with E-state index in [1.807, 2.05) is 13.0 Å². The second kappa shape index (κ2) is 8.36. The first kappa shape index (κ1) is 17.8. The Balaban J connectivity index is 1.78. The van der Waals surface area contributed by atoms with Crippen molar-refractivity contribution in [2.45, 2.75) is 13.3 Å². The summed E-state index contributed by atoms with van der Waals surface area (Å²) in [6.07, 6.45) is 0.600. The molecule has 0 heterocycles. The van der Waals surface area contributed by atoms with Gasteiger partial charge in [0.25, 0.3) is 5.91 Å². The van der Waals surface area contributed by atoms with Crippen molar-refractivity contribution >= 4 is 23.4 Å². The van der Waals surface area contributed by atoms with Crippen LogP contribution in [0.4, 0.5) is 0 Å². The zero-order valence-electron chi connectivity index (χ0n) is 13.3. The topological polar surface area (TPSA) is 81.4 Å². The van der Waals surface area contributed by atoms with Crippen LogP contribution in [0.1, 0.15) is 21.5 Å². The van der Waals surface area contributed by atoms with Crippen molar-refractivity contribution in [2.75, 3.05) is 13.2 Å². The molecule has 2 rings (SSSR count). The number of amides is 2. The third-order valence-electron chi connectivity index (χ3n) is 3.52. The van der Waals surface area contributed by atoms with Crippen LogP contribution in [0.15, 0.2) is 42.5 Å². The van der Waals surface area contributed by atoms with E-state index in [4.69, 9.17) is 22.1 Å². The third kappa shape index (κ3) is 4.99. The van der Waals surface area contributed by atoms with Crippen molar-refractivity contribution in [3.8, 4) is 5.75 Å². The van der Waals surface area contributed by atoms with Crippen molar-refractivity contribution in [1.29, 1.82) is 0 Å². The Morgan fingerprint density at radius 2 is 1.96 bits per heavy atom. The molecule has 24 heavy (non-hydrogen) atoms. The molecule has 0 radical (unpaired) electrons. The van der Waals surface area contributed by atoms with Crippen molar-refractivity contribution in [2.24, 2.45) is 5.73 Å². The highest BCUT2D eigenvalue weighted by atomic mass is 35.5. The summed E-state index contributed by atoms with van der Waals surface area (Å²) in [4.78, 5) is 23.0. The predicted octanol–water partition coefficient (Wildman–Crippen LogP) is 2.49. The lowest BCUT2D eigenvalue weighted by atomic mass is 10.1. The minimum absolute atomic E-state index is 0.0808. The second-order valence-electron chi connectivity index (χ2n) is 5.32. The number of ether oxygens (including phenoxy) is 1. The monoisotopic (exact) mass is 346 g/mol. The number of carbonyl (C=O) groups excluding carboxylic acids is 2. The highest BCUT2D eigenvalue weighted by Crippen LogP contribution is 2.24. The van der Waals surface area contributed by atoms with E-state index in [1.54, 1.807) is 36.4 Å². The van der Waals surface area contributed by atoms with Gasteiger partial charge in [0.1, 0.15) is 5.75 Å². The molecular formula is C18H19ClN2O3. The molecule has 2 aromatic rings. The van der Waals surface area contributed by atoms with Crippen molar-refractivity contribution in [3.05, 3.63) is 64.2 Å². The summed E-state index contributed by atoms with van der Waals surface area (Å²) in [5.41, 5.74) is 7.43. The molecule has 2 amide bonds. The van der Waals surface area contributed by atoms with E-state index in [2.05, 4.69) is 5.32 Å². The fourth-order valence-corrected chi connectivity index (χ4v) is 2.33. The van der Waals surface area contributed by atoms with E-state index in [0.29, 0.717) is 29.3 Å². The fourth-order valence-electron chi connectivity index (χ4n) is 2.16. The van der Waals surface area contributed by atoms with Gasteiger partial charge in [-0.2, -0.15) is 0 Å². The second-order valence-corrected chi connectivity index (χ2v) is 5.72. The summed E-state index contributed by atoms with van der Waals surface area (Å²) in [6.45, 7) is 2.20. The average Bonchev–Trinajstić information content (AvgIpc) is 2.56. The molecule has 0 unspecified atom stereocenters. The Bertz CT molecular complexity index is 747. The maximum Gasteiger partial charge on any atom is 0.257 e. The van der Waals surface area contributed by atoms with Crippen LogP contribution >= 0.6 is 11.6 Å². The number of hydrogen-bond donors (Lipinski definition) is 2. The molecule has 6 heteroatoms. The summed E-state index contributed by atoms with van der Waals surface area (Å²) in [6, 6.07) is 12.3. The molecular weight excluding hydrogens is 328 g/mol. The molecule has 0 aliphatic rings. The van der Waals surface area contributed by atoms with Gasteiger partial charge in [0.2, 0.25) is 5.91 Å². The molecule has 0 bridgehead atoms. The maximum atomic E-state index is 11.8. The normalized spacial score (nSPS) is 10.2. The first-order valence-corrected chi connectivity index (χ1v) is 7.88. The number of rotatable bonds is 7. The summed E-state index contributed by atoms with van der Waals surface area (Å²) < 4.78 is 5.48. The summed E-state index contributed by atoms with van der Waals surface area (Å²) in [7, 11) is 0. The largest absolute Gasteiger partial charge is 0.483 e. The Kier molecular flexibility index (Phi) is 6.21. The number of halogens is 1. The average molecular weight is 347 g/mol. The first-order chi connectivity index (χ1) is 11.5. The number of primary amides is 1. The minimum atomic E-state index is -0.467. The van der Waals surface area contributed by atoms with Gasteiger partial charge < -0.3 is 15.8 Å². The summed E-state index contributed by atoms with van der Waals surface area (Å²) in [5, 5.41) is 3.37. The number of benzene rings is 2. The Morgan fingerprint density at radius 1 is 1.21 bits per heavy atom. The van der Waals surface area contributed by atoms with Crippen LogP contribution in [0, 0.1) is 6.92 Å². The van der Waals surface area contributed by atoms with Gasteiger partial charge in [0.05, 0.1) is 0 Å². The maximum absolute atomic E-state index is 11.8. The molecule has 0 aliphatic heterocycles. The molecule has 0 aliphatic carbocycles. The van der Waals surface area contributed by atoms with E-state index in [-0.39, 0.29) is 12.5 Å². The zero-order chi connectivity index (χ0) is 17.5. The molecule has 0 aromatic heterocycles. The van der Waals surface area contributed by atoms with Crippen LogP contribution in [0.3, 0.4) is 0 Å². The highest BCUT2D eigenvalue weighted by Gasteiger charge is 2.07. The Labute approximate surface area is 145 Å².